The normalized spacial score (nSPS) is 13.4. The van der Waals surface area contributed by atoms with Crippen LogP contribution in [-0.2, 0) is 14.3 Å². The van der Waals surface area contributed by atoms with Gasteiger partial charge in [0.2, 0.25) is 0 Å². The number of allylic oxidation sites excluding steroid dienone is 2. The second kappa shape index (κ2) is 9.63. The highest BCUT2D eigenvalue weighted by atomic mass is 16.6. The van der Waals surface area contributed by atoms with E-state index in [2.05, 4.69) is 13.2 Å². The summed E-state index contributed by atoms with van der Waals surface area (Å²) < 4.78 is 4.91. The topological polar surface area (TPSA) is 43.4 Å². The van der Waals surface area contributed by atoms with Crippen LogP contribution in [0.25, 0.3) is 0 Å². The van der Waals surface area contributed by atoms with Crippen LogP contribution >= 0.6 is 0 Å². The molecule has 0 aromatic carbocycles. The van der Waals surface area contributed by atoms with E-state index in [-0.39, 0.29) is 11.8 Å². The van der Waals surface area contributed by atoms with Crippen molar-refractivity contribution >= 4 is 11.9 Å². The lowest BCUT2D eigenvalue weighted by molar-refractivity contribution is -0.165. The van der Waals surface area contributed by atoms with Crippen molar-refractivity contribution in [2.45, 2.75) is 46.0 Å². The standard InChI is InChI=1S/C15H24O3/c1-5-8-10-12(4)14(16)18-15(17)13(7-3)11-9-6-2/h5-6,12-13H,1-2,7-11H2,3-4H3. The number of esters is 2. The molecule has 0 aliphatic rings. The van der Waals surface area contributed by atoms with Crippen LogP contribution in [0, 0.1) is 11.8 Å². The maximum Gasteiger partial charge on any atom is 0.316 e. The first-order chi connectivity index (χ1) is 8.56. The number of carbonyl (C=O) groups excluding carboxylic acids is 2. The molecule has 0 amide bonds. The third kappa shape index (κ3) is 6.38. The first-order valence-electron chi connectivity index (χ1n) is 6.54. The van der Waals surface area contributed by atoms with Crippen molar-refractivity contribution in [3.8, 4) is 0 Å². The third-order valence-electron chi connectivity index (χ3n) is 2.95. The quantitative estimate of drug-likeness (QED) is 0.357. The molecule has 0 spiro atoms. The van der Waals surface area contributed by atoms with Gasteiger partial charge in [-0.3, -0.25) is 9.59 Å². The fourth-order valence-electron chi connectivity index (χ4n) is 1.58. The Bertz CT molecular complexity index is 294. The summed E-state index contributed by atoms with van der Waals surface area (Å²) in [6, 6.07) is 0. The summed E-state index contributed by atoms with van der Waals surface area (Å²) in [5.41, 5.74) is 0. The molecule has 3 nitrogen and oxygen atoms in total. The Morgan fingerprint density at radius 2 is 1.67 bits per heavy atom. The van der Waals surface area contributed by atoms with Crippen LogP contribution in [-0.4, -0.2) is 11.9 Å². The molecule has 0 N–H and O–H groups in total. The van der Waals surface area contributed by atoms with Crippen molar-refractivity contribution in [3.63, 3.8) is 0 Å². The molecule has 0 fully saturated rings. The first-order valence-corrected chi connectivity index (χ1v) is 6.54. The Morgan fingerprint density at radius 3 is 2.17 bits per heavy atom. The number of ether oxygens (including phenoxy) is 1. The van der Waals surface area contributed by atoms with E-state index < -0.39 is 11.9 Å². The van der Waals surface area contributed by atoms with Gasteiger partial charge in [0.05, 0.1) is 11.8 Å². The molecule has 2 atom stereocenters. The van der Waals surface area contributed by atoms with Crippen molar-refractivity contribution in [2.75, 3.05) is 0 Å². The molecule has 3 heteroatoms. The minimum absolute atomic E-state index is 0.210. The fourth-order valence-corrected chi connectivity index (χ4v) is 1.58. The molecule has 0 heterocycles. The van der Waals surface area contributed by atoms with Gasteiger partial charge in [-0.25, -0.2) is 0 Å². The molecule has 0 aromatic rings. The Kier molecular flexibility index (Phi) is 8.89. The van der Waals surface area contributed by atoms with Gasteiger partial charge < -0.3 is 4.74 Å². The second-order valence-electron chi connectivity index (χ2n) is 4.48. The van der Waals surface area contributed by atoms with E-state index in [1.54, 1.807) is 19.1 Å². The van der Waals surface area contributed by atoms with Crippen molar-refractivity contribution in [1.82, 2.24) is 0 Å². The summed E-state index contributed by atoms with van der Waals surface area (Å²) in [6.45, 7) is 10.9. The highest BCUT2D eigenvalue weighted by Crippen LogP contribution is 2.15. The highest BCUT2D eigenvalue weighted by Gasteiger charge is 2.23. The van der Waals surface area contributed by atoms with Gasteiger partial charge in [-0.05, 0) is 32.1 Å². The van der Waals surface area contributed by atoms with Gasteiger partial charge in [0.25, 0.3) is 0 Å². The molecule has 102 valence electrons. The average Bonchev–Trinajstić information content (AvgIpc) is 2.36. The van der Waals surface area contributed by atoms with Gasteiger partial charge in [0.1, 0.15) is 0 Å². The SMILES string of the molecule is C=CCCC(C)C(=O)OC(=O)C(CC)CCC=C. The van der Waals surface area contributed by atoms with Crippen LogP contribution < -0.4 is 0 Å². The lowest BCUT2D eigenvalue weighted by Gasteiger charge is -2.14. The second-order valence-corrected chi connectivity index (χ2v) is 4.48. The Hall–Kier alpha value is -1.38. The molecule has 0 radical (unpaired) electrons. The van der Waals surface area contributed by atoms with Crippen LogP contribution in [0.5, 0.6) is 0 Å². The maximum absolute atomic E-state index is 11.8. The summed E-state index contributed by atoms with van der Waals surface area (Å²) >= 11 is 0. The minimum atomic E-state index is -0.432. The van der Waals surface area contributed by atoms with Gasteiger partial charge in [0.15, 0.2) is 0 Å². The van der Waals surface area contributed by atoms with Crippen molar-refractivity contribution in [3.05, 3.63) is 25.3 Å². The summed E-state index contributed by atoms with van der Waals surface area (Å²) in [5.74, 6) is -1.31. The molecule has 0 saturated heterocycles. The van der Waals surface area contributed by atoms with Gasteiger partial charge in [-0.2, -0.15) is 0 Å². The van der Waals surface area contributed by atoms with Gasteiger partial charge in [-0.15, -0.1) is 13.2 Å². The van der Waals surface area contributed by atoms with E-state index in [9.17, 15) is 9.59 Å². The molecule has 2 unspecified atom stereocenters. The van der Waals surface area contributed by atoms with Crippen LogP contribution in [0.15, 0.2) is 25.3 Å². The van der Waals surface area contributed by atoms with Gasteiger partial charge >= 0.3 is 11.9 Å². The van der Waals surface area contributed by atoms with Crippen molar-refractivity contribution in [2.24, 2.45) is 11.8 Å². The fraction of sp³-hybridized carbons (Fsp3) is 0.600. The molecular formula is C15H24O3. The number of rotatable bonds is 9. The van der Waals surface area contributed by atoms with Crippen LogP contribution in [0.3, 0.4) is 0 Å². The zero-order chi connectivity index (χ0) is 14.0. The predicted molar refractivity (Wildman–Crippen MR) is 72.9 cm³/mol. The molecule has 18 heavy (non-hydrogen) atoms. The lowest BCUT2D eigenvalue weighted by Crippen LogP contribution is -2.24. The van der Waals surface area contributed by atoms with E-state index in [0.29, 0.717) is 19.3 Å². The highest BCUT2D eigenvalue weighted by molar-refractivity contribution is 5.87. The molecule has 0 aliphatic heterocycles. The monoisotopic (exact) mass is 252 g/mol. The molecule has 0 aliphatic carbocycles. The number of hydrogen-bond acceptors (Lipinski definition) is 3. The van der Waals surface area contributed by atoms with Gasteiger partial charge in [-0.1, -0.05) is 26.0 Å². The van der Waals surface area contributed by atoms with E-state index in [1.165, 1.54) is 0 Å². The molecular weight excluding hydrogens is 228 g/mol. The summed E-state index contributed by atoms with van der Waals surface area (Å²) in [6.07, 6.45) is 7.06. The maximum atomic E-state index is 11.8. The van der Waals surface area contributed by atoms with E-state index >= 15 is 0 Å². The third-order valence-corrected chi connectivity index (χ3v) is 2.95. The van der Waals surface area contributed by atoms with Gasteiger partial charge in [0, 0.05) is 0 Å². The largest absolute Gasteiger partial charge is 0.393 e. The van der Waals surface area contributed by atoms with E-state index in [1.807, 2.05) is 6.92 Å². The summed E-state index contributed by atoms with van der Waals surface area (Å²) in [7, 11) is 0. The molecule has 0 saturated carbocycles. The van der Waals surface area contributed by atoms with E-state index in [0.717, 1.165) is 12.8 Å². The average molecular weight is 252 g/mol. The Labute approximate surface area is 110 Å². The smallest absolute Gasteiger partial charge is 0.316 e. The summed E-state index contributed by atoms with van der Waals surface area (Å²) in [4.78, 5) is 23.4. The Morgan fingerprint density at radius 1 is 1.11 bits per heavy atom. The number of hydrogen-bond donors (Lipinski definition) is 0. The molecule has 0 bridgehead atoms. The van der Waals surface area contributed by atoms with Crippen LogP contribution in [0.4, 0.5) is 0 Å². The first kappa shape index (κ1) is 16.6. The van der Waals surface area contributed by atoms with Crippen LogP contribution in [0.2, 0.25) is 0 Å². The van der Waals surface area contributed by atoms with Crippen LogP contribution in [0.1, 0.15) is 46.0 Å². The molecule has 0 rings (SSSR count). The van der Waals surface area contributed by atoms with E-state index in [4.69, 9.17) is 4.74 Å². The Balaban J connectivity index is 4.21. The lowest BCUT2D eigenvalue weighted by atomic mass is 10.0. The predicted octanol–water partition coefficient (Wildman–Crippen LogP) is 3.65. The minimum Gasteiger partial charge on any atom is -0.393 e. The summed E-state index contributed by atoms with van der Waals surface area (Å²) in [5, 5.41) is 0. The zero-order valence-electron chi connectivity index (χ0n) is 11.5. The number of carbonyl (C=O) groups is 2. The zero-order valence-corrected chi connectivity index (χ0v) is 11.5. The van der Waals surface area contributed by atoms with Crippen molar-refractivity contribution in [1.29, 1.82) is 0 Å². The van der Waals surface area contributed by atoms with Crippen molar-refractivity contribution < 1.29 is 14.3 Å². The molecule has 0 aromatic heterocycles.